The van der Waals surface area contributed by atoms with Gasteiger partial charge >= 0.3 is 0 Å². The number of aromatic nitrogens is 2. The van der Waals surface area contributed by atoms with Gasteiger partial charge in [-0.25, -0.2) is 4.68 Å². The zero-order chi connectivity index (χ0) is 18.4. The fourth-order valence-electron chi connectivity index (χ4n) is 3.48. The number of hydrogen-bond acceptors (Lipinski definition) is 4. The number of rotatable bonds is 2. The number of nitrogens with two attached hydrogens (primary N) is 1. The molecule has 2 heterocycles. The second kappa shape index (κ2) is 5.74. The van der Waals surface area contributed by atoms with E-state index in [9.17, 15) is 14.9 Å². The van der Waals surface area contributed by atoms with Crippen LogP contribution in [0.15, 0.2) is 63.7 Å². The van der Waals surface area contributed by atoms with Crippen LogP contribution in [0.25, 0.3) is 16.6 Å². The molecule has 2 aromatic carbocycles. The highest BCUT2D eigenvalue weighted by Gasteiger charge is 2.34. The molecule has 6 nitrogen and oxygen atoms in total. The van der Waals surface area contributed by atoms with Crippen LogP contribution < -0.4 is 16.9 Å². The molecule has 0 saturated carbocycles. The molecule has 1 aliphatic rings. The zero-order valence-corrected chi connectivity index (χ0v) is 14.1. The minimum atomic E-state index is -0.712. The minimum absolute atomic E-state index is 0.00456. The summed E-state index contributed by atoms with van der Waals surface area (Å²) in [5.74, 6) is 0.00456. The average Bonchev–Trinajstić information content (AvgIpc) is 2.99. The van der Waals surface area contributed by atoms with Crippen LogP contribution in [0.2, 0.25) is 0 Å². The maximum Gasteiger partial charge on any atom is 0.279 e. The van der Waals surface area contributed by atoms with Gasteiger partial charge in [0.05, 0.1) is 10.8 Å². The van der Waals surface area contributed by atoms with Gasteiger partial charge in [-0.15, -0.1) is 0 Å². The number of hydrogen-bond donors (Lipinski definition) is 1. The molecule has 1 unspecified atom stereocenters. The van der Waals surface area contributed by atoms with Crippen LogP contribution in [0.5, 0.6) is 0 Å². The number of aryl methyl sites for hydroxylation is 1. The highest BCUT2D eigenvalue weighted by Crippen LogP contribution is 2.32. The SMILES string of the molecule is CCc1ccc(C2C(C#N)=C(N)n3c(=O)c4ccccc4c(=O)n32)cc1. The van der Waals surface area contributed by atoms with Crippen molar-refractivity contribution in [2.45, 2.75) is 19.4 Å². The van der Waals surface area contributed by atoms with Gasteiger partial charge in [0.25, 0.3) is 11.1 Å². The van der Waals surface area contributed by atoms with E-state index in [0.717, 1.165) is 22.2 Å². The fourth-order valence-corrected chi connectivity index (χ4v) is 3.48. The number of benzene rings is 2. The number of nitrogens with zero attached hydrogens (tertiary/aromatic N) is 3. The van der Waals surface area contributed by atoms with Gasteiger partial charge in [0, 0.05) is 0 Å². The number of fused-ring (bicyclic) bond motifs is 2. The first kappa shape index (κ1) is 15.9. The Kier molecular flexibility index (Phi) is 3.51. The second-order valence-corrected chi connectivity index (χ2v) is 6.22. The van der Waals surface area contributed by atoms with Crippen molar-refractivity contribution in [3.05, 3.63) is 85.9 Å². The van der Waals surface area contributed by atoms with Crippen molar-refractivity contribution in [2.75, 3.05) is 0 Å². The number of allylic oxidation sites excluding steroid dienone is 1. The molecule has 128 valence electrons. The van der Waals surface area contributed by atoms with Gasteiger partial charge in [0.1, 0.15) is 23.5 Å². The monoisotopic (exact) mass is 344 g/mol. The second-order valence-electron chi connectivity index (χ2n) is 6.22. The molecule has 1 atom stereocenters. The molecule has 0 spiro atoms. The summed E-state index contributed by atoms with van der Waals surface area (Å²) in [4.78, 5) is 26.0. The maximum absolute atomic E-state index is 13.1. The van der Waals surface area contributed by atoms with Crippen LogP contribution in [0, 0.1) is 11.3 Å². The van der Waals surface area contributed by atoms with Crippen molar-refractivity contribution in [3.8, 4) is 6.07 Å². The molecular weight excluding hydrogens is 328 g/mol. The van der Waals surface area contributed by atoms with Gasteiger partial charge in [-0.2, -0.15) is 9.94 Å². The molecule has 2 N–H and O–H groups in total. The Morgan fingerprint density at radius 3 is 2.23 bits per heavy atom. The normalized spacial score (nSPS) is 15.9. The molecule has 3 aromatic rings. The molecule has 1 aromatic heterocycles. The lowest BCUT2D eigenvalue weighted by atomic mass is 9.98. The van der Waals surface area contributed by atoms with Crippen LogP contribution in [0.4, 0.5) is 0 Å². The fraction of sp³-hybridized carbons (Fsp3) is 0.150. The van der Waals surface area contributed by atoms with Gasteiger partial charge in [-0.1, -0.05) is 43.3 Å². The Morgan fingerprint density at radius 2 is 1.65 bits per heavy atom. The van der Waals surface area contributed by atoms with Crippen LogP contribution >= 0.6 is 0 Å². The Hall–Kier alpha value is -3.59. The predicted octanol–water partition coefficient (Wildman–Crippen LogP) is 1.98. The van der Waals surface area contributed by atoms with Crippen molar-refractivity contribution in [1.29, 1.82) is 5.26 Å². The van der Waals surface area contributed by atoms with E-state index >= 15 is 0 Å². The molecule has 0 aliphatic carbocycles. The summed E-state index contributed by atoms with van der Waals surface area (Å²) in [5, 5.41) is 10.2. The minimum Gasteiger partial charge on any atom is -0.383 e. The van der Waals surface area contributed by atoms with Gasteiger partial charge in [0.15, 0.2) is 0 Å². The van der Waals surface area contributed by atoms with Gasteiger partial charge in [-0.05, 0) is 29.7 Å². The zero-order valence-electron chi connectivity index (χ0n) is 14.1. The highest BCUT2D eigenvalue weighted by molar-refractivity contribution is 5.81. The first-order valence-corrected chi connectivity index (χ1v) is 8.34. The van der Waals surface area contributed by atoms with Crippen molar-refractivity contribution in [3.63, 3.8) is 0 Å². The van der Waals surface area contributed by atoms with Crippen LogP contribution in [-0.4, -0.2) is 9.36 Å². The summed E-state index contributed by atoms with van der Waals surface area (Å²) >= 11 is 0. The van der Waals surface area contributed by atoms with Gasteiger partial charge in [0.2, 0.25) is 0 Å². The quantitative estimate of drug-likeness (QED) is 0.769. The third-order valence-corrected chi connectivity index (χ3v) is 4.85. The molecule has 0 bridgehead atoms. The average molecular weight is 344 g/mol. The summed E-state index contributed by atoms with van der Waals surface area (Å²) in [6, 6.07) is 15.6. The van der Waals surface area contributed by atoms with E-state index in [1.54, 1.807) is 24.3 Å². The summed E-state index contributed by atoms with van der Waals surface area (Å²) in [7, 11) is 0. The Balaban J connectivity index is 2.09. The molecule has 0 radical (unpaired) electrons. The van der Waals surface area contributed by atoms with Gasteiger partial charge in [-0.3, -0.25) is 9.59 Å². The molecule has 0 fully saturated rings. The standard InChI is InChI=1S/C20H16N4O2/c1-2-12-7-9-13(10-8-12)17-16(11-21)18(22)24-20(26)15-6-4-3-5-14(15)19(25)23(17)24/h3-10,17H,2,22H2,1H3. The van der Waals surface area contributed by atoms with E-state index in [2.05, 4.69) is 13.0 Å². The molecule has 26 heavy (non-hydrogen) atoms. The summed E-state index contributed by atoms with van der Waals surface area (Å²) < 4.78 is 2.42. The van der Waals surface area contributed by atoms with Crippen molar-refractivity contribution in [2.24, 2.45) is 5.73 Å². The third-order valence-electron chi connectivity index (χ3n) is 4.85. The number of nitriles is 1. The van der Waals surface area contributed by atoms with E-state index < -0.39 is 11.6 Å². The van der Waals surface area contributed by atoms with E-state index in [1.807, 2.05) is 24.3 Å². The summed E-state index contributed by atoms with van der Waals surface area (Å²) in [5.41, 5.74) is 7.43. The van der Waals surface area contributed by atoms with Crippen LogP contribution in [0.1, 0.15) is 24.1 Å². The highest BCUT2D eigenvalue weighted by atomic mass is 16.2. The molecule has 0 amide bonds. The van der Waals surface area contributed by atoms with Crippen LogP contribution in [-0.2, 0) is 6.42 Å². The Morgan fingerprint density at radius 1 is 1.04 bits per heavy atom. The van der Waals surface area contributed by atoms with E-state index in [0.29, 0.717) is 5.39 Å². The lowest BCUT2D eigenvalue weighted by Gasteiger charge is -2.17. The first-order chi connectivity index (χ1) is 12.6. The topological polar surface area (TPSA) is 93.8 Å². The third kappa shape index (κ3) is 2.04. The van der Waals surface area contributed by atoms with Gasteiger partial charge < -0.3 is 5.73 Å². The molecular formula is C20H16N4O2. The molecule has 1 aliphatic heterocycles. The molecule has 6 heteroatoms. The van der Waals surface area contributed by atoms with Crippen molar-refractivity contribution in [1.82, 2.24) is 9.36 Å². The van der Waals surface area contributed by atoms with E-state index in [-0.39, 0.29) is 22.3 Å². The maximum atomic E-state index is 13.1. The lowest BCUT2D eigenvalue weighted by molar-refractivity contribution is 0.539. The van der Waals surface area contributed by atoms with Crippen molar-refractivity contribution >= 4 is 16.6 Å². The smallest absolute Gasteiger partial charge is 0.279 e. The van der Waals surface area contributed by atoms with Crippen LogP contribution in [0.3, 0.4) is 0 Å². The Labute approximate surface area is 149 Å². The summed E-state index contributed by atoms with van der Waals surface area (Å²) in [6.45, 7) is 2.05. The molecule has 4 rings (SSSR count). The largest absolute Gasteiger partial charge is 0.383 e. The first-order valence-electron chi connectivity index (χ1n) is 8.34. The van der Waals surface area contributed by atoms with E-state index in [1.165, 1.54) is 4.68 Å². The molecule has 0 saturated heterocycles. The Bertz CT molecular complexity index is 1220. The predicted molar refractivity (Wildman–Crippen MR) is 99.4 cm³/mol. The van der Waals surface area contributed by atoms with Crippen molar-refractivity contribution < 1.29 is 0 Å². The van der Waals surface area contributed by atoms with E-state index in [4.69, 9.17) is 5.73 Å². The lowest BCUT2D eigenvalue weighted by Crippen LogP contribution is -2.38. The summed E-state index contributed by atoms with van der Waals surface area (Å²) in [6.07, 6.45) is 0.884.